The van der Waals surface area contributed by atoms with Crippen LogP contribution in [0.3, 0.4) is 0 Å². The molecule has 0 amide bonds. The van der Waals surface area contributed by atoms with Gasteiger partial charge in [-0.2, -0.15) is 5.10 Å². The number of nitrogens with zero attached hydrogens (tertiary/aromatic N) is 3. The molecule has 1 aliphatic carbocycles. The maximum atomic E-state index is 4.40. The molecule has 0 bridgehead atoms. The van der Waals surface area contributed by atoms with Crippen LogP contribution in [0.5, 0.6) is 0 Å². The van der Waals surface area contributed by atoms with Crippen LogP contribution in [-0.4, -0.2) is 34.8 Å². The van der Waals surface area contributed by atoms with Gasteiger partial charge in [0.05, 0.1) is 5.69 Å². The molecule has 3 aromatic rings. The smallest absolute Gasteiger partial charge is 0.151 e. The quantitative estimate of drug-likeness (QED) is 0.728. The number of hydrogen-bond donors (Lipinski definition) is 2. The van der Waals surface area contributed by atoms with Gasteiger partial charge in [0.25, 0.3) is 0 Å². The van der Waals surface area contributed by atoms with Gasteiger partial charge in [-0.05, 0) is 54.1 Å². The maximum Gasteiger partial charge on any atom is 0.151 e. The van der Waals surface area contributed by atoms with Crippen molar-refractivity contribution < 1.29 is 0 Å². The van der Waals surface area contributed by atoms with E-state index in [2.05, 4.69) is 61.8 Å². The van der Waals surface area contributed by atoms with Gasteiger partial charge in [-0.25, -0.2) is 0 Å². The van der Waals surface area contributed by atoms with Crippen molar-refractivity contribution in [2.45, 2.75) is 25.3 Å². The normalized spacial score (nSPS) is 17.8. The van der Waals surface area contributed by atoms with E-state index in [1.807, 2.05) is 6.20 Å². The second kappa shape index (κ2) is 6.15. The zero-order valence-electron chi connectivity index (χ0n) is 14.3. The number of hydrogen-bond acceptors (Lipinski definition) is 4. The van der Waals surface area contributed by atoms with Gasteiger partial charge < -0.3 is 15.2 Å². The Labute approximate surface area is 147 Å². The number of anilines is 1. The van der Waals surface area contributed by atoms with Gasteiger partial charge in [-0.3, -0.25) is 0 Å². The summed E-state index contributed by atoms with van der Waals surface area (Å²) in [5, 5.41) is 13.7. The van der Waals surface area contributed by atoms with Crippen LogP contribution >= 0.6 is 0 Å². The lowest BCUT2D eigenvalue weighted by Crippen LogP contribution is -2.51. The SMILES string of the molecule is c1cc2cc(CNCC3CN(c4ccc(C5CC5)nn4)C3)ccc2[nH]1. The lowest BCUT2D eigenvalue weighted by atomic mass is 10.00. The van der Waals surface area contributed by atoms with E-state index < -0.39 is 0 Å². The number of H-pyrrole nitrogens is 1. The number of nitrogens with one attached hydrogen (secondary N) is 2. The van der Waals surface area contributed by atoms with Crippen molar-refractivity contribution in [1.82, 2.24) is 20.5 Å². The monoisotopic (exact) mass is 333 g/mol. The zero-order valence-corrected chi connectivity index (χ0v) is 14.3. The van der Waals surface area contributed by atoms with Crippen LogP contribution < -0.4 is 10.2 Å². The van der Waals surface area contributed by atoms with Gasteiger partial charge in [0, 0.05) is 49.7 Å². The number of rotatable bonds is 6. The molecule has 3 heterocycles. The van der Waals surface area contributed by atoms with Crippen LogP contribution in [0.25, 0.3) is 10.9 Å². The van der Waals surface area contributed by atoms with Crippen LogP contribution in [0.15, 0.2) is 42.6 Å². The topological polar surface area (TPSA) is 56.8 Å². The average molecular weight is 333 g/mol. The van der Waals surface area contributed by atoms with Crippen LogP contribution in [0.1, 0.15) is 30.0 Å². The highest BCUT2D eigenvalue weighted by Crippen LogP contribution is 2.38. The van der Waals surface area contributed by atoms with Gasteiger partial charge >= 0.3 is 0 Å². The predicted molar refractivity (Wildman–Crippen MR) is 99.7 cm³/mol. The maximum absolute atomic E-state index is 4.40. The van der Waals surface area contributed by atoms with E-state index in [1.54, 1.807) is 0 Å². The number of aromatic amines is 1. The molecule has 0 atom stereocenters. The summed E-state index contributed by atoms with van der Waals surface area (Å²) in [4.78, 5) is 5.56. The summed E-state index contributed by atoms with van der Waals surface area (Å²) in [5.74, 6) is 2.40. The van der Waals surface area contributed by atoms with Crippen molar-refractivity contribution in [3.63, 3.8) is 0 Å². The summed E-state index contributed by atoms with van der Waals surface area (Å²) in [5.41, 5.74) is 3.71. The van der Waals surface area contributed by atoms with Gasteiger partial charge in [0.1, 0.15) is 0 Å². The fraction of sp³-hybridized carbons (Fsp3) is 0.400. The summed E-state index contributed by atoms with van der Waals surface area (Å²) >= 11 is 0. The molecule has 2 aromatic heterocycles. The Morgan fingerprint density at radius 1 is 1.08 bits per heavy atom. The van der Waals surface area contributed by atoms with E-state index in [0.29, 0.717) is 11.8 Å². The van der Waals surface area contributed by atoms with Crippen LogP contribution in [0.2, 0.25) is 0 Å². The van der Waals surface area contributed by atoms with Crippen LogP contribution in [0.4, 0.5) is 5.82 Å². The predicted octanol–water partition coefficient (Wildman–Crippen LogP) is 3.06. The molecule has 2 fully saturated rings. The highest BCUT2D eigenvalue weighted by molar-refractivity contribution is 5.79. The highest BCUT2D eigenvalue weighted by atomic mass is 15.3. The average Bonchev–Trinajstić information content (AvgIpc) is 3.35. The Balaban J connectivity index is 1.09. The Morgan fingerprint density at radius 3 is 2.80 bits per heavy atom. The number of benzene rings is 1. The summed E-state index contributed by atoms with van der Waals surface area (Å²) < 4.78 is 0. The third-order valence-corrected chi connectivity index (χ3v) is 5.33. The minimum Gasteiger partial charge on any atom is -0.361 e. The van der Waals surface area contributed by atoms with E-state index in [9.17, 15) is 0 Å². The van der Waals surface area contributed by atoms with E-state index in [1.165, 1.54) is 35.0 Å². The molecular weight excluding hydrogens is 310 g/mol. The highest BCUT2D eigenvalue weighted by Gasteiger charge is 2.29. The molecule has 2 aliphatic rings. The van der Waals surface area contributed by atoms with Crippen LogP contribution in [0, 0.1) is 5.92 Å². The largest absolute Gasteiger partial charge is 0.361 e. The van der Waals surface area contributed by atoms with Crippen molar-refractivity contribution in [3.8, 4) is 0 Å². The minimum atomic E-state index is 0.681. The van der Waals surface area contributed by atoms with Crippen molar-refractivity contribution >= 4 is 16.7 Å². The third kappa shape index (κ3) is 3.12. The number of fused-ring (bicyclic) bond motifs is 1. The fourth-order valence-electron chi connectivity index (χ4n) is 3.62. The van der Waals surface area contributed by atoms with E-state index >= 15 is 0 Å². The Morgan fingerprint density at radius 2 is 2.00 bits per heavy atom. The molecule has 0 radical (unpaired) electrons. The fourth-order valence-corrected chi connectivity index (χ4v) is 3.62. The van der Waals surface area contributed by atoms with Gasteiger partial charge in [-0.1, -0.05) is 6.07 Å². The lowest BCUT2D eigenvalue weighted by molar-refractivity contribution is 0.381. The molecular formula is C20H23N5. The van der Waals surface area contributed by atoms with Gasteiger partial charge in [-0.15, -0.1) is 5.10 Å². The Bertz CT molecular complexity index is 859. The third-order valence-electron chi connectivity index (χ3n) is 5.33. The second-order valence-electron chi connectivity index (χ2n) is 7.39. The minimum absolute atomic E-state index is 0.681. The van der Waals surface area contributed by atoms with E-state index in [0.717, 1.165) is 32.0 Å². The molecule has 2 N–H and O–H groups in total. The first-order valence-corrected chi connectivity index (χ1v) is 9.20. The Hall–Kier alpha value is -2.40. The number of aromatic nitrogens is 3. The van der Waals surface area contributed by atoms with Crippen molar-refractivity contribution in [1.29, 1.82) is 0 Å². The summed E-state index contributed by atoms with van der Waals surface area (Å²) in [6.07, 6.45) is 4.55. The standard InChI is InChI=1S/C20H23N5/c1-4-18-17(7-8-22-18)9-14(1)10-21-11-15-12-25(13-15)20-6-5-19(23-24-20)16-2-3-16/h1,4-9,15-16,21-22H,2-3,10-13H2. The first-order valence-electron chi connectivity index (χ1n) is 9.20. The van der Waals surface area contributed by atoms with Crippen molar-refractivity contribution in [2.24, 2.45) is 5.92 Å². The molecule has 5 heteroatoms. The van der Waals surface area contributed by atoms with E-state index in [4.69, 9.17) is 0 Å². The molecule has 5 rings (SSSR count). The van der Waals surface area contributed by atoms with Crippen molar-refractivity contribution in [2.75, 3.05) is 24.5 Å². The molecule has 1 aromatic carbocycles. The van der Waals surface area contributed by atoms with Crippen LogP contribution in [-0.2, 0) is 6.54 Å². The van der Waals surface area contributed by atoms with E-state index in [-0.39, 0.29) is 0 Å². The van der Waals surface area contributed by atoms with Gasteiger partial charge in [0.2, 0.25) is 0 Å². The summed E-state index contributed by atoms with van der Waals surface area (Å²) in [7, 11) is 0. The molecule has 0 unspecified atom stereocenters. The first kappa shape index (κ1) is 14.9. The first-order chi connectivity index (χ1) is 12.3. The molecule has 128 valence electrons. The molecule has 5 nitrogen and oxygen atoms in total. The second-order valence-corrected chi connectivity index (χ2v) is 7.39. The summed E-state index contributed by atoms with van der Waals surface area (Å²) in [6.45, 7) is 4.12. The lowest BCUT2D eigenvalue weighted by Gasteiger charge is -2.40. The molecule has 0 spiro atoms. The molecule has 25 heavy (non-hydrogen) atoms. The van der Waals surface area contributed by atoms with Gasteiger partial charge in [0.15, 0.2) is 5.82 Å². The summed E-state index contributed by atoms with van der Waals surface area (Å²) in [6, 6.07) is 13.0. The van der Waals surface area contributed by atoms with Crippen molar-refractivity contribution in [3.05, 3.63) is 53.9 Å². The molecule has 1 aliphatic heterocycles. The molecule has 1 saturated heterocycles. The molecule has 1 saturated carbocycles. The zero-order chi connectivity index (χ0) is 16.6. The Kier molecular flexibility index (Phi) is 3.67.